The van der Waals surface area contributed by atoms with Crippen molar-refractivity contribution in [3.63, 3.8) is 0 Å². The monoisotopic (exact) mass is 199 g/mol. The zero-order valence-electron chi connectivity index (χ0n) is 7.55. The summed E-state index contributed by atoms with van der Waals surface area (Å²) in [5, 5.41) is 0. The Balaban J connectivity index is 2.13. The van der Waals surface area contributed by atoms with Gasteiger partial charge in [0.25, 0.3) is 0 Å². The summed E-state index contributed by atoms with van der Waals surface area (Å²) in [7, 11) is 0. The Morgan fingerprint density at radius 3 is 3.08 bits per heavy atom. The lowest BCUT2D eigenvalue weighted by Gasteiger charge is -2.02. The Bertz CT molecular complexity index is 274. The highest BCUT2D eigenvalue weighted by molar-refractivity contribution is 7.12. The number of hydrogen-bond acceptors (Lipinski definition) is 2. The lowest BCUT2D eigenvalue weighted by molar-refractivity contribution is 0.333. The predicted molar refractivity (Wildman–Crippen MR) is 53.9 cm³/mol. The van der Waals surface area contributed by atoms with Crippen LogP contribution in [0.1, 0.15) is 34.3 Å². The molecule has 0 fully saturated rings. The molecule has 3 heteroatoms. The van der Waals surface area contributed by atoms with Crippen molar-refractivity contribution in [2.45, 2.75) is 31.9 Å². The van der Waals surface area contributed by atoms with Gasteiger partial charge in [0.2, 0.25) is 0 Å². The quantitative estimate of drug-likeness (QED) is 0.795. The van der Waals surface area contributed by atoms with E-state index in [0.29, 0.717) is 13.0 Å². The first kappa shape index (κ1) is 9.16. The lowest BCUT2D eigenvalue weighted by Crippen LogP contribution is -2.02. The van der Waals surface area contributed by atoms with Crippen molar-refractivity contribution in [1.29, 1.82) is 0 Å². The highest BCUT2D eigenvalue weighted by Crippen LogP contribution is 2.35. The van der Waals surface area contributed by atoms with Gasteiger partial charge in [-0.05, 0) is 43.9 Å². The average molecular weight is 199 g/mol. The van der Waals surface area contributed by atoms with E-state index in [-0.39, 0.29) is 0 Å². The van der Waals surface area contributed by atoms with Gasteiger partial charge in [0.1, 0.15) is 6.17 Å². The van der Waals surface area contributed by atoms with E-state index in [0.717, 1.165) is 17.7 Å². The first-order valence-corrected chi connectivity index (χ1v) is 5.58. The summed E-state index contributed by atoms with van der Waals surface area (Å²) in [4.78, 5) is 2.28. The van der Waals surface area contributed by atoms with E-state index in [1.807, 2.05) is 6.07 Å². The number of aryl methyl sites for hydroxylation is 2. The Hall–Kier alpha value is -0.410. The van der Waals surface area contributed by atoms with Crippen LogP contribution in [0.3, 0.4) is 0 Å². The fourth-order valence-corrected chi connectivity index (χ4v) is 3.06. The maximum absolute atomic E-state index is 13.4. The summed E-state index contributed by atoms with van der Waals surface area (Å²) in [6, 6.07) is 2.04. The summed E-state index contributed by atoms with van der Waals surface area (Å²) in [5.74, 6) is 0. The van der Waals surface area contributed by atoms with Crippen LogP contribution in [-0.2, 0) is 12.8 Å². The second kappa shape index (κ2) is 3.76. The van der Waals surface area contributed by atoms with Crippen molar-refractivity contribution < 1.29 is 4.39 Å². The van der Waals surface area contributed by atoms with Crippen LogP contribution in [0.5, 0.6) is 0 Å². The van der Waals surface area contributed by atoms with Crippen molar-refractivity contribution in [2.75, 3.05) is 6.54 Å². The fraction of sp³-hybridized carbons (Fsp3) is 0.600. The van der Waals surface area contributed by atoms with Gasteiger partial charge in [0.05, 0.1) is 0 Å². The first-order chi connectivity index (χ1) is 6.31. The molecule has 0 aromatic carbocycles. The minimum absolute atomic E-state index is 0.434. The van der Waals surface area contributed by atoms with Gasteiger partial charge in [-0.1, -0.05) is 0 Å². The molecular formula is C10H14FNS. The molecule has 1 aliphatic rings. The fourth-order valence-electron chi connectivity index (χ4n) is 1.80. The van der Waals surface area contributed by atoms with Gasteiger partial charge in [-0.2, -0.15) is 0 Å². The summed E-state index contributed by atoms with van der Waals surface area (Å²) in [5.41, 5.74) is 6.70. The summed E-state index contributed by atoms with van der Waals surface area (Å²) < 4.78 is 13.4. The molecule has 0 aliphatic heterocycles. The minimum Gasteiger partial charge on any atom is -0.330 e. The molecule has 0 saturated carbocycles. The molecule has 1 nitrogen and oxygen atoms in total. The third-order valence-corrected chi connectivity index (χ3v) is 3.82. The molecule has 0 saturated heterocycles. The molecule has 0 bridgehead atoms. The van der Waals surface area contributed by atoms with Gasteiger partial charge in [-0.3, -0.25) is 0 Å². The van der Waals surface area contributed by atoms with Crippen LogP contribution in [0.25, 0.3) is 0 Å². The number of hydrogen-bond donors (Lipinski definition) is 1. The second-order valence-electron chi connectivity index (χ2n) is 3.50. The largest absolute Gasteiger partial charge is 0.330 e. The van der Waals surface area contributed by atoms with Crippen molar-refractivity contribution in [3.05, 3.63) is 21.4 Å². The molecule has 1 aromatic rings. The highest BCUT2D eigenvalue weighted by atomic mass is 32.1. The molecule has 1 atom stereocenters. The van der Waals surface area contributed by atoms with E-state index in [9.17, 15) is 4.39 Å². The summed E-state index contributed by atoms with van der Waals surface area (Å²) >= 11 is 1.64. The number of rotatable bonds is 3. The third kappa shape index (κ3) is 1.76. The van der Waals surface area contributed by atoms with Crippen LogP contribution in [0.2, 0.25) is 0 Å². The number of fused-ring (bicyclic) bond motifs is 1. The summed E-state index contributed by atoms with van der Waals surface area (Å²) in [6.45, 7) is 0.434. The number of nitrogens with two attached hydrogens (primary N) is 1. The number of alkyl halides is 1. The van der Waals surface area contributed by atoms with Crippen LogP contribution in [-0.4, -0.2) is 6.54 Å². The van der Waals surface area contributed by atoms with Crippen LogP contribution < -0.4 is 5.73 Å². The van der Waals surface area contributed by atoms with Crippen LogP contribution in [0.15, 0.2) is 6.07 Å². The molecule has 1 aliphatic carbocycles. The Kier molecular flexibility index (Phi) is 2.65. The molecule has 2 N–H and O–H groups in total. The van der Waals surface area contributed by atoms with E-state index < -0.39 is 6.17 Å². The molecule has 72 valence electrons. The zero-order valence-corrected chi connectivity index (χ0v) is 8.37. The Labute approximate surface area is 81.8 Å². The molecule has 1 unspecified atom stereocenters. The first-order valence-electron chi connectivity index (χ1n) is 4.77. The van der Waals surface area contributed by atoms with Gasteiger partial charge in [-0.25, -0.2) is 4.39 Å². The Morgan fingerprint density at radius 2 is 2.38 bits per heavy atom. The average Bonchev–Trinajstić information content (AvgIpc) is 2.61. The molecule has 1 aromatic heterocycles. The minimum atomic E-state index is -0.833. The SMILES string of the molecule is NCCC(F)c1cc2c(s1)CCC2. The van der Waals surface area contributed by atoms with Crippen LogP contribution in [0.4, 0.5) is 4.39 Å². The maximum Gasteiger partial charge on any atom is 0.135 e. The smallest absolute Gasteiger partial charge is 0.135 e. The molecule has 1 heterocycles. The van der Waals surface area contributed by atoms with Crippen molar-refractivity contribution in [1.82, 2.24) is 0 Å². The standard InChI is InChI=1S/C10H14FNS/c11-8(4-5-12)10-6-7-2-1-3-9(7)13-10/h6,8H,1-5,12H2. The van der Waals surface area contributed by atoms with Gasteiger partial charge >= 0.3 is 0 Å². The molecule has 13 heavy (non-hydrogen) atoms. The van der Waals surface area contributed by atoms with Crippen molar-refractivity contribution in [3.8, 4) is 0 Å². The third-order valence-electron chi connectivity index (χ3n) is 2.49. The van der Waals surface area contributed by atoms with Crippen LogP contribution in [0, 0.1) is 0 Å². The molecule has 0 amide bonds. The van der Waals surface area contributed by atoms with E-state index in [1.165, 1.54) is 16.9 Å². The van der Waals surface area contributed by atoms with Gasteiger partial charge in [0, 0.05) is 9.75 Å². The van der Waals surface area contributed by atoms with Crippen molar-refractivity contribution in [2.24, 2.45) is 5.73 Å². The van der Waals surface area contributed by atoms with E-state index in [1.54, 1.807) is 11.3 Å². The van der Waals surface area contributed by atoms with Crippen LogP contribution >= 0.6 is 11.3 Å². The molecular weight excluding hydrogens is 185 g/mol. The van der Waals surface area contributed by atoms with Gasteiger partial charge in [0.15, 0.2) is 0 Å². The molecule has 0 radical (unpaired) electrons. The van der Waals surface area contributed by atoms with E-state index in [2.05, 4.69) is 0 Å². The number of halogens is 1. The highest BCUT2D eigenvalue weighted by Gasteiger charge is 2.18. The lowest BCUT2D eigenvalue weighted by atomic mass is 10.2. The van der Waals surface area contributed by atoms with Gasteiger partial charge in [-0.15, -0.1) is 11.3 Å². The summed E-state index contributed by atoms with van der Waals surface area (Å²) in [6.07, 6.45) is 3.16. The van der Waals surface area contributed by atoms with E-state index >= 15 is 0 Å². The predicted octanol–water partition coefficient (Wildman–Crippen LogP) is 2.60. The Morgan fingerprint density at radius 1 is 1.54 bits per heavy atom. The topological polar surface area (TPSA) is 26.0 Å². The van der Waals surface area contributed by atoms with Crippen molar-refractivity contribution >= 4 is 11.3 Å². The molecule has 2 rings (SSSR count). The maximum atomic E-state index is 13.4. The second-order valence-corrected chi connectivity index (χ2v) is 4.66. The zero-order chi connectivity index (χ0) is 9.26. The number of thiophene rings is 1. The normalized spacial score (nSPS) is 17.4. The van der Waals surface area contributed by atoms with E-state index in [4.69, 9.17) is 5.73 Å². The molecule has 0 spiro atoms. The van der Waals surface area contributed by atoms with Gasteiger partial charge < -0.3 is 5.73 Å².